The van der Waals surface area contributed by atoms with Crippen LogP contribution in [0.15, 0.2) is 30.5 Å². The summed E-state index contributed by atoms with van der Waals surface area (Å²) in [6, 6.07) is 10.6. The van der Waals surface area contributed by atoms with Crippen molar-refractivity contribution in [1.29, 1.82) is 5.26 Å². The van der Waals surface area contributed by atoms with Gasteiger partial charge in [0.15, 0.2) is 0 Å². The molecule has 4 heteroatoms. The molecule has 3 aromatic rings. The highest BCUT2D eigenvalue weighted by Crippen LogP contribution is 2.47. The monoisotopic (exact) mass is 262 g/mol. The van der Waals surface area contributed by atoms with E-state index in [1.165, 1.54) is 0 Å². The van der Waals surface area contributed by atoms with Gasteiger partial charge in [0.05, 0.1) is 11.8 Å². The maximum absolute atomic E-state index is 9.30. The highest BCUT2D eigenvalue weighted by atomic mass is 15.0. The Balaban J connectivity index is 1.89. The van der Waals surface area contributed by atoms with Crippen molar-refractivity contribution in [3.63, 3.8) is 0 Å². The number of aryl methyl sites for hydroxylation is 1. The second kappa shape index (κ2) is 3.73. The van der Waals surface area contributed by atoms with Crippen molar-refractivity contribution < 1.29 is 0 Å². The van der Waals surface area contributed by atoms with Crippen LogP contribution in [0.4, 0.5) is 0 Å². The summed E-state index contributed by atoms with van der Waals surface area (Å²) in [5, 5.41) is 10.5. The summed E-state index contributed by atoms with van der Waals surface area (Å²) in [4.78, 5) is 11.3. The fourth-order valence-corrected chi connectivity index (χ4v) is 2.74. The van der Waals surface area contributed by atoms with Gasteiger partial charge in [-0.3, -0.25) is 0 Å². The van der Waals surface area contributed by atoms with E-state index in [2.05, 4.69) is 28.2 Å². The summed E-state index contributed by atoms with van der Waals surface area (Å²) >= 11 is 0. The van der Waals surface area contributed by atoms with Crippen LogP contribution in [0.2, 0.25) is 0 Å². The summed E-state index contributed by atoms with van der Waals surface area (Å²) in [5.74, 6) is 0.817. The molecule has 1 aliphatic rings. The summed E-state index contributed by atoms with van der Waals surface area (Å²) in [7, 11) is 0. The van der Waals surface area contributed by atoms with E-state index in [4.69, 9.17) is 4.98 Å². The van der Waals surface area contributed by atoms with Gasteiger partial charge in [-0.25, -0.2) is 4.98 Å². The predicted molar refractivity (Wildman–Crippen MR) is 77.1 cm³/mol. The Morgan fingerprint density at radius 2 is 2.10 bits per heavy atom. The van der Waals surface area contributed by atoms with Gasteiger partial charge < -0.3 is 9.97 Å². The van der Waals surface area contributed by atoms with Crippen LogP contribution < -0.4 is 0 Å². The van der Waals surface area contributed by atoms with Crippen LogP contribution >= 0.6 is 0 Å². The Labute approximate surface area is 116 Å². The van der Waals surface area contributed by atoms with Crippen molar-refractivity contribution in [3.05, 3.63) is 42.0 Å². The van der Waals surface area contributed by atoms with Crippen LogP contribution in [0.5, 0.6) is 0 Å². The maximum atomic E-state index is 9.30. The SMILES string of the molecule is Cc1[nH]c(C2(C#N)CC2)nc1-c1c[nH]c2ccccc12. The predicted octanol–water partition coefficient (Wildman–Crippen LogP) is 3.42. The van der Waals surface area contributed by atoms with Crippen molar-refractivity contribution in [3.8, 4) is 17.3 Å². The number of para-hydroxylation sites is 1. The number of aromatic amines is 2. The van der Waals surface area contributed by atoms with E-state index < -0.39 is 0 Å². The largest absolute Gasteiger partial charge is 0.360 e. The molecule has 0 amide bonds. The number of nitrogens with one attached hydrogen (secondary N) is 2. The Morgan fingerprint density at radius 3 is 2.85 bits per heavy atom. The minimum Gasteiger partial charge on any atom is -0.360 e. The zero-order valence-corrected chi connectivity index (χ0v) is 11.2. The van der Waals surface area contributed by atoms with E-state index in [0.29, 0.717) is 0 Å². The number of benzene rings is 1. The molecular formula is C16H14N4. The van der Waals surface area contributed by atoms with E-state index in [9.17, 15) is 5.26 Å². The average Bonchev–Trinajstić information content (AvgIpc) is 3.02. The average molecular weight is 262 g/mol. The van der Waals surface area contributed by atoms with E-state index in [-0.39, 0.29) is 5.41 Å². The Kier molecular flexibility index (Phi) is 2.11. The van der Waals surface area contributed by atoms with Gasteiger partial charge in [0.25, 0.3) is 0 Å². The molecule has 98 valence electrons. The highest BCUT2D eigenvalue weighted by molar-refractivity contribution is 5.95. The van der Waals surface area contributed by atoms with E-state index in [0.717, 1.165) is 46.5 Å². The van der Waals surface area contributed by atoms with Gasteiger partial charge in [-0.05, 0) is 25.8 Å². The van der Waals surface area contributed by atoms with E-state index in [1.54, 1.807) is 0 Å². The van der Waals surface area contributed by atoms with Gasteiger partial charge >= 0.3 is 0 Å². The van der Waals surface area contributed by atoms with Gasteiger partial charge in [-0.2, -0.15) is 5.26 Å². The molecule has 0 atom stereocenters. The molecule has 0 bridgehead atoms. The van der Waals surface area contributed by atoms with Gasteiger partial charge in [0.2, 0.25) is 0 Å². The van der Waals surface area contributed by atoms with Crippen molar-refractivity contribution in [2.75, 3.05) is 0 Å². The van der Waals surface area contributed by atoms with Gasteiger partial charge in [-0.15, -0.1) is 0 Å². The van der Waals surface area contributed by atoms with Crippen LogP contribution in [0.3, 0.4) is 0 Å². The van der Waals surface area contributed by atoms with Crippen molar-refractivity contribution >= 4 is 10.9 Å². The van der Waals surface area contributed by atoms with Gasteiger partial charge in [0, 0.05) is 28.4 Å². The fraction of sp³-hybridized carbons (Fsp3) is 0.250. The molecule has 1 fully saturated rings. The van der Waals surface area contributed by atoms with E-state index in [1.807, 2.05) is 25.3 Å². The first-order valence-corrected chi connectivity index (χ1v) is 6.78. The van der Waals surface area contributed by atoms with Crippen LogP contribution in [-0.2, 0) is 5.41 Å². The maximum Gasteiger partial charge on any atom is 0.127 e. The third kappa shape index (κ3) is 1.44. The summed E-state index contributed by atoms with van der Waals surface area (Å²) in [6.45, 7) is 2.01. The zero-order chi connectivity index (χ0) is 13.7. The van der Waals surface area contributed by atoms with Crippen molar-refractivity contribution in [2.45, 2.75) is 25.2 Å². The Hall–Kier alpha value is -2.54. The minimum atomic E-state index is -0.366. The number of imidazole rings is 1. The lowest BCUT2D eigenvalue weighted by atomic mass is 10.1. The lowest BCUT2D eigenvalue weighted by Crippen LogP contribution is -2.04. The lowest BCUT2D eigenvalue weighted by molar-refractivity contribution is 0.819. The van der Waals surface area contributed by atoms with Crippen LogP contribution in [0, 0.1) is 18.3 Å². The summed E-state index contributed by atoms with van der Waals surface area (Å²) in [5.41, 5.74) is 3.79. The molecule has 0 unspecified atom stereocenters. The fourth-order valence-electron chi connectivity index (χ4n) is 2.74. The van der Waals surface area contributed by atoms with Crippen molar-refractivity contribution in [1.82, 2.24) is 15.0 Å². The van der Waals surface area contributed by atoms with Gasteiger partial charge in [-0.1, -0.05) is 18.2 Å². The summed E-state index contributed by atoms with van der Waals surface area (Å²) < 4.78 is 0. The number of hydrogen-bond acceptors (Lipinski definition) is 2. The number of aromatic nitrogens is 3. The van der Waals surface area contributed by atoms with E-state index >= 15 is 0 Å². The summed E-state index contributed by atoms with van der Waals surface area (Å²) in [6.07, 6.45) is 3.80. The Bertz CT molecular complexity index is 843. The smallest absolute Gasteiger partial charge is 0.127 e. The molecule has 2 aromatic heterocycles. The number of H-pyrrole nitrogens is 2. The van der Waals surface area contributed by atoms with Crippen molar-refractivity contribution in [2.24, 2.45) is 0 Å². The zero-order valence-electron chi connectivity index (χ0n) is 11.2. The topological polar surface area (TPSA) is 68.3 Å². The quantitative estimate of drug-likeness (QED) is 0.743. The molecule has 1 aromatic carbocycles. The van der Waals surface area contributed by atoms with Crippen LogP contribution in [0.25, 0.3) is 22.2 Å². The molecule has 1 aliphatic carbocycles. The number of rotatable bonds is 2. The molecule has 2 N–H and O–H groups in total. The molecule has 0 saturated heterocycles. The molecule has 0 radical (unpaired) electrons. The minimum absolute atomic E-state index is 0.366. The number of fused-ring (bicyclic) bond motifs is 1. The third-order valence-electron chi connectivity index (χ3n) is 4.15. The highest BCUT2D eigenvalue weighted by Gasteiger charge is 2.48. The molecule has 4 nitrogen and oxygen atoms in total. The molecule has 2 heterocycles. The standard InChI is InChI=1S/C16H14N4/c1-10-14(20-15(19-10)16(9-17)6-7-16)12-8-18-13-5-3-2-4-11(12)13/h2-5,8,18H,6-7H2,1H3,(H,19,20). The normalized spacial score (nSPS) is 16.2. The first kappa shape index (κ1) is 11.3. The lowest BCUT2D eigenvalue weighted by Gasteiger charge is -1.98. The first-order chi connectivity index (χ1) is 9.73. The first-order valence-electron chi connectivity index (χ1n) is 6.78. The van der Waals surface area contributed by atoms with Crippen LogP contribution in [0.1, 0.15) is 24.4 Å². The second-order valence-corrected chi connectivity index (χ2v) is 5.50. The Morgan fingerprint density at radius 1 is 1.30 bits per heavy atom. The second-order valence-electron chi connectivity index (χ2n) is 5.50. The molecule has 4 rings (SSSR count). The number of nitrogens with zero attached hydrogens (tertiary/aromatic N) is 2. The number of nitriles is 1. The molecule has 1 saturated carbocycles. The number of hydrogen-bond donors (Lipinski definition) is 2. The molecule has 0 aliphatic heterocycles. The molecule has 0 spiro atoms. The molecule has 20 heavy (non-hydrogen) atoms. The van der Waals surface area contributed by atoms with Gasteiger partial charge in [0.1, 0.15) is 11.2 Å². The molecular weight excluding hydrogens is 248 g/mol. The third-order valence-corrected chi connectivity index (χ3v) is 4.15. The van der Waals surface area contributed by atoms with Crippen LogP contribution in [-0.4, -0.2) is 15.0 Å².